The number of nitrogens with two attached hydrogens (primary N) is 1. The van der Waals surface area contributed by atoms with Crippen LogP contribution in [-0.2, 0) is 9.59 Å². The van der Waals surface area contributed by atoms with Crippen LogP contribution in [0.1, 0.15) is 18.4 Å². The predicted molar refractivity (Wildman–Crippen MR) is 124 cm³/mol. The monoisotopic (exact) mass is 450 g/mol. The lowest BCUT2D eigenvalue weighted by Crippen LogP contribution is -2.46. The number of hydrazone groups is 1. The van der Waals surface area contributed by atoms with E-state index in [2.05, 4.69) is 34.3 Å². The fraction of sp³-hybridized carbons (Fsp3) is 0.304. The molecule has 10 nitrogen and oxygen atoms in total. The minimum absolute atomic E-state index is 0.0149. The number of allylic oxidation sites excluding steroid dienone is 1. The average Bonchev–Trinajstić information content (AvgIpc) is 2.84. The van der Waals surface area contributed by atoms with E-state index in [9.17, 15) is 9.59 Å². The van der Waals surface area contributed by atoms with Crippen LogP contribution in [0.5, 0.6) is 11.5 Å². The highest BCUT2D eigenvalue weighted by molar-refractivity contribution is 6.52. The molecule has 2 heterocycles. The number of carbonyl (C=O) groups is 2. The first-order chi connectivity index (χ1) is 15.9. The Labute approximate surface area is 192 Å². The number of piperidine rings is 1. The lowest BCUT2D eigenvalue weighted by molar-refractivity contribution is -0.127. The van der Waals surface area contributed by atoms with Gasteiger partial charge in [-0.25, -0.2) is 5.43 Å². The van der Waals surface area contributed by atoms with E-state index in [0.29, 0.717) is 48.7 Å². The Morgan fingerprint density at radius 3 is 2.52 bits per heavy atom. The average molecular weight is 450 g/mol. The molecule has 0 saturated carbocycles. The number of benzene rings is 1. The van der Waals surface area contributed by atoms with E-state index in [1.165, 1.54) is 6.08 Å². The third-order valence-electron chi connectivity index (χ3n) is 5.27. The lowest BCUT2D eigenvalue weighted by Gasteiger charge is -2.32. The number of hydrogen-bond donors (Lipinski definition) is 4. The third kappa shape index (κ3) is 5.51. The molecule has 33 heavy (non-hydrogen) atoms. The molecule has 1 aromatic rings. The van der Waals surface area contributed by atoms with E-state index in [0.717, 1.165) is 0 Å². The van der Waals surface area contributed by atoms with Gasteiger partial charge in [0.1, 0.15) is 17.2 Å². The van der Waals surface area contributed by atoms with Crippen molar-refractivity contribution >= 4 is 23.4 Å². The van der Waals surface area contributed by atoms with E-state index < -0.39 is 5.91 Å². The third-order valence-corrected chi connectivity index (χ3v) is 5.27. The molecule has 2 amide bonds. The topological polar surface area (TPSA) is 142 Å². The van der Waals surface area contributed by atoms with Crippen molar-refractivity contribution in [3.63, 3.8) is 0 Å². The van der Waals surface area contributed by atoms with Crippen molar-refractivity contribution in [3.05, 3.63) is 47.7 Å². The standard InChI is InChI=1S/C23H26N6O4/c1-4-19(30)29-9-7-15(8-10-29)26-18(20-21(24)23(31)28-27-22(20)25)6-5-14-11-16(32-2)13-17(12-14)33-3/h4,11-13,15,24,26H,1,7-10H2,2-3H3,(H2,25,27)(H,28,31)/b20-18+,24-21?. The van der Waals surface area contributed by atoms with Gasteiger partial charge >= 0.3 is 0 Å². The maximum atomic E-state index is 12.0. The van der Waals surface area contributed by atoms with Gasteiger partial charge in [0.2, 0.25) is 5.91 Å². The van der Waals surface area contributed by atoms with Crippen LogP contribution in [0.15, 0.2) is 47.2 Å². The van der Waals surface area contributed by atoms with Gasteiger partial charge in [0.15, 0.2) is 5.84 Å². The summed E-state index contributed by atoms with van der Waals surface area (Å²) in [4.78, 5) is 25.6. The molecule has 1 aromatic carbocycles. The minimum atomic E-state index is -0.672. The van der Waals surface area contributed by atoms with E-state index >= 15 is 0 Å². The van der Waals surface area contributed by atoms with Crippen LogP contribution in [0, 0.1) is 17.3 Å². The molecule has 0 spiro atoms. The zero-order chi connectivity index (χ0) is 24.0. The highest BCUT2D eigenvalue weighted by atomic mass is 16.5. The van der Waals surface area contributed by atoms with Gasteiger partial charge in [-0.15, -0.1) is 0 Å². The van der Waals surface area contributed by atoms with Crippen LogP contribution in [-0.4, -0.2) is 61.6 Å². The maximum Gasteiger partial charge on any atom is 0.290 e. The Bertz CT molecular complexity index is 1080. The van der Waals surface area contributed by atoms with Gasteiger partial charge in [0, 0.05) is 30.8 Å². The number of rotatable bonds is 5. The molecule has 0 aliphatic carbocycles. The van der Waals surface area contributed by atoms with E-state index in [1.54, 1.807) is 37.3 Å². The number of ether oxygens (including phenoxy) is 2. The summed E-state index contributed by atoms with van der Waals surface area (Å²) in [6, 6.07) is 5.18. The lowest BCUT2D eigenvalue weighted by atomic mass is 10.0. The molecule has 1 fully saturated rings. The van der Waals surface area contributed by atoms with Gasteiger partial charge in [-0.3, -0.25) is 15.0 Å². The van der Waals surface area contributed by atoms with Crippen molar-refractivity contribution in [3.8, 4) is 23.3 Å². The van der Waals surface area contributed by atoms with Crippen molar-refractivity contribution in [1.29, 1.82) is 5.41 Å². The highest BCUT2D eigenvalue weighted by Gasteiger charge is 2.28. The minimum Gasteiger partial charge on any atom is -0.497 e. The van der Waals surface area contributed by atoms with Gasteiger partial charge < -0.3 is 25.4 Å². The Balaban J connectivity index is 1.95. The second-order valence-electron chi connectivity index (χ2n) is 7.36. The van der Waals surface area contributed by atoms with Gasteiger partial charge in [0.25, 0.3) is 5.91 Å². The second kappa shape index (κ2) is 10.4. The Morgan fingerprint density at radius 2 is 1.94 bits per heavy atom. The van der Waals surface area contributed by atoms with Crippen LogP contribution in [0.25, 0.3) is 0 Å². The van der Waals surface area contributed by atoms with E-state index in [4.69, 9.17) is 20.6 Å². The summed E-state index contributed by atoms with van der Waals surface area (Å²) in [5.41, 5.74) is 8.92. The molecule has 10 heteroatoms. The van der Waals surface area contributed by atoms with Crippen LogP contribution in [0.2, 0.25) is 0 Å². The number of amidine groups is 1. The molecule has 2 aliphatic rings. The van der Waals surface area contributed by atoms with Gasteiger partial charge in [-0.2, -0.15) is 5.10 Å². The first kappa shape index (κ1) is 23.4. The number of nitrogens with zero attached hydrogens (tertiary/aromatic N) is 2. The molecule has 1 saturated heterocycles. The Kier molecular flexibility index (Phi) is 7.35. The Hall–Kier alpha value is -4.26. The zero-order valence-corrected chi connectivity index (χ0v) is 18.5. The molecular weight excluding hydrogens is 424 g/mol. The summed E-state index contributed by atoms with van der Waals surface area (Å²) in [6.07, 6.45) is 2.61. The van der Waals surface area contributed by atoms with Gasteiger partial charge in [0.05, 0.1) is 25.5 Å². The number of methoxy groups -OCH3 is 2. The molecule has 0 atom stereocenters. The molecule has 2 aliphatic heterocycles. The molecule has 0 aromatic heterocycles. The number of likely N-dealkylation sites (tertiary alicyclic amines) is 1. The van der Waals surface area contributed by atoms with Crippen LogP contribution in [0.4, 0.5) is 0 Å². The smallest absolute Gasteiger partial charge is 0.290 e. The quantitative estimate of drug-likeness (QED) is 0.380. The van der Waals surface area contributed by atoms with E-state index in [1.807, 2.05) is 0 Å². The summed E-state index contributed by atoms with van der Waals surface area (Å²) in [6.45, 7) is 4.62. The van der Waals surface area contributed by atoms with Crippen LogP contribution in [0.3, 0.4) is 0 Å². The summed E-state index contributed by atoms with van der Waals surface area (Å²) in [5.74, 6) is 6.39. The molecular formula is C23H26N6O4. The number of nitrogens with one attached hydrogen (secondary N) is 3. The largest absolute Gasteiger partial charge is 0.497 e. The molecule has 172 valence electrons. The summed E-state index contributed by atoms with van der Waals surface area (Å²) < 4.78 is 10.6. The molecule has 0 bridgehead atoms. The summed E-state index contributed by atoms with van der Waals surface area (Å²) in [7, 11) is 3.09. The van der Waals surface area contributed by atoms with Crippen molar-refractivity contribution in [2.75, 3.05) is 27.3 Å². The normalized spacial score (nSPS) is 17.8. The van der Waals surface area contributed by atoms with Crippen molar-refractivity contribution in [2.24, 2.45) is 10.8 Å². The van der Waals surface area contributed by atoms with Crippen molar-refractivity contribution in [2.45, 2.75) is 18.9 Å². The molecule has 3 rings (SSSR count). The second-order valence-corrected chi connectivity index (χ2v) is 7.36. The predicted octanol–water partition coefficient (Wildman–Crippen LogP) is 0.498. The van der Waals surface area contributed by atoms with Crippen LogP contribution < -0.4 is 25.9 Å². The first-order valence-corrected chi connectivity index (χ1v) is 10.3. The summed E-state index contributed by atoms with van der Waals surface area (Å²) in [5, 5.41) is 15.3. The van der Waals surface area contributed by atoms with Gasteiger partial charge in [-0.05, 0) is 37.0 Å². The summed E-state index contributed by atoms with van der Waals surface area (Å²) >= 11 is 0. The molecule has 0 radical (unpaired) electrons. The molecule has 5 N–H and O–H groups in total. The van der Waals surface area contributed by atoms with Gasteiger partial charge in [-0.1, -0.05) is 12.5 Å². The number of amides is 2. The van der Waals surface area contributed by atoms with Crippen molar-refractivity contribution in [1.82, 2.24) is 15.6 Å². The highest BCUT2D eigenvalue weighted by Crippen LogP contribution is 2.22. The Morgan fingerprint density at radius 1 is 1.30 bits per heavy atom. The van der Waals surface area contributed by atoms with Crippen molar-refractivity contribution < 1.29 is 19.1 Å². The fourth-order valence-electron chi connectivity index (χ4n) is 3.48. The van der Waals surface area contributed by atoms with Crippen LogP contribution >= 0.6 is 0 Å². The number of hydrogen-bond acceptors (Lipinski definition) is 8. The fourth-order valence-corrected chi connectivity index (χ4v) is 3.48. The first-order valence-electron chi connectivity index (χ1n) is 10.3. The van der Waals surface area contributed by atoms with E-state index in [-0.39, 0.29) is 29.1 Å². The zero-order valence-electron chi connectivity index (χ0n) is 18.5. The SMILES string of the molecule is C=CC(=O)N1CCC(N/C(C#Cc2cc(OC)cc(OC)c2)=C2\C(=N)C(=O)NN=C2N)CC1. The maximum absolute atomic E-state index is 12.0. The molecule has 0 unspecified atom stereocenters. The number of carbonyl (C=O) groups excluding carboxylic acids is 2.